The number of nitrogens with zero attached hydrogens (tertiary/aromatic N) is 3. The van der Waals surface area contributed by atoms with Gasteiger partial charge in [0.1, 0.15) is 23.2 Å². The van der Waals surface area contributed by atoms with E-state index in [4.69, 9.17) is 14.0 Å². The van der Waals surface area contributed by atoms with Crippen LogP contribution in [-0.2, 0) is 0 Å². The van der Waals surface area contributed by atoms with E-state index in [2.05, 4.69) is 10.1 Å². The summed E-state index contributed by atoms with van der Waals surface area (Å²) in [6.45, 7) is 3.65. The van der Waals surface area contributed by atoms with Crippen LogP contribution < -0.4 is 14.4 Å². The van der Waals surface area contributed by atoms with E-state index in [1.54, 1.807) is 42.3 Å². The fourth-order valence-electron chi connectivity index (χ4n) is 3.95. The lowest BCUT2D eigenvalue weighted by Gasteiger charge is -2.36. The molecule has 1 saturated heterocycles. The molecule has 1 aliphatic rings. The molecule has 9 heteroatoms. The molecule has 4 rings (SSSR count). The predicted molar refractivity (Wildman–Crippen MR) is 120 cm³/mol. The summed E-state index contributed by atoms with van der Waals surface area (Å²) in [4.78, 5) is 17.3. The lowest BCUT2D eigenvalue weighted by Crippen LogP contribution is -2.49. The van der Waals surface area contributed by atoms with Crippen LogP contribution in [-0.4, -0.2) is 61.5 Å². The molecular weight excluding hydrogens is 429 g/mol. The number of methoxy groups -OCH3 is 2. The van der Waals surface area contributed by atoms with Gasteiger partial charge in [0.2, 0.25) is 0 Å². The maximum absolute atomic E-state index is 13.5. The van der Waals surface area contributed by atoms with Crippen molar-refractivity contribution in [1.29, 1.82) is 0 Å². The number of aromatic nitrogens is 1. The average molecular weight is 455 g/mol. The minimum absolute atomic E-state index is 0.116. The minimum Gasteiger partial charge on any atom is -0.493 e. The number of anilines is 1. The zero-order valence-corrected chi connectivity index (χ0v) is 18.7. The van der Waals surface area contributed by atoms with Crippen molar-refractivity contribution < 1.29 is 28.3 Å². The summed E-state index contributed by atoms with van der Waals surface area (Å²) in [6, 6.07) is 11.5. The summed E-state index contributed by atoms with van der Waals surface area (Å²) in [7, 11) is 3.07. The second kappa shape index (κ2) is 9.50. The number of ether oxygens (including phenoxy) is 2. The van der Waals surface area contributed by atoms with Gasteiger partial charge in [-0.15, -0.1) is 0 Å². The highest BCUT2D eigenvalue weighted by molar-refractivity contribution is 6.01. The first-order valence-electron chi connectivity index (χ1n) is 10.6. The Bertz CT molecular complexity index is 1120. The molecule has 0 spiro atoms. The molecule has 33 heavy (non-hydrogen) atoms. The third-order valence-corrected chi connectivity index (χ3v) is 5.73. The van der Waals surface area contributed by atoms with Crippen molar-refractivity contribution >= 4 is 11.6 Å². The SMILES string of the molecule is COc1ccc(-c2noc([C@H](C)O)c2C(=O)N2CCN(c3ccc(F)cc3)CC2)cc1OC. The van der Waals surface area contributed by atoms with Crippen molar-refractivity contribution in [2.24, 2.45) is 0 Å². The molecule has 8 nitrogen and oxygen atoms in total. The van der Waals surface area contributed by atoms with Gasteiger partial charge in [0.15, 0.2) is 17.3 Å². The fourth-order valence-corrected chi connectivity index (χ4v) is 3.95. The molecule has 1 amide bonds. The van der Waals surface area contributed by atoms with Crippen LogP contribution in [0.1, 0.15) is 29.1 Å². The Kier molecular flexibility index (Phi) is 6.50. The normalized spacial score (nSPS) is 14.8. The zero-order chi connectivity index (χ0) is 23.5. The van der Waals surface area contributed by atoms with Gasteiger partial charge in [-0.25, -0.2) is 4.39 Å². The van der Waals surface area contributed by atoms with Crippen LogP contribution >= 0.6 is 0 Å². The van der Waals surface area contributed by atoms with Crippen LogP contribution in [0, 0.1) is 5.82 Å². The van der Waals surface area contributed by atoms with E-state index in [1.165, 1.54) is 26.2 Å². The number of rotatable bonds is 6. The molecule has 174 valence electrons. The Hall–Kier alpha value is -3.59. The lowest BCUT2D eigenvalue weighted by molar-refractivity contribution is 0.0735. The molecule has 0 aliphatic carbocycles. The molecule has 1 aromatic heterocycles. The molecule has 1 aliphatic heterocycles. The van der Waals surface area contributed by atoms with Crippen molar-refractivity contribution in [2.45, 2.75) is 13.0 Å². The van der Waals surface area contributed by atoms with E-state index in [0.717, 1.165) is 5.69 Å². The van der Waals surface area contributed by atoms with Crippen LogP contribution in [0.5, 0.6) is 11.5 Å². The molecule has 0 bridgehead atoms. The zero-order valence-electron chi connectivity index (χ0n) is 18.7. The highest BCUT2D eigenvalue weighted by Crippen LogP contribution is 2.36. The third kappa shape index (κ3) is 4.49. The Morgan fingerprint density at radius 3 is 2.33 bits per heavy atom. The van der Waals surface area contributed by atoms with Gasteiger partial charge in [-0.2, -0.15) is 0 Å². The number of aliphatic hydroxyl groups is 1. The van der Waals surface area contributed by atoms with Crippen LogP contribution in [0.3, 0.4) is 0 Å². The quantitative estimate of drug-likeness (QED) is 0.609. The van der Waals surface area contributed by atoms with Crippen molar-refractivity contribution in [3.8, 4) is 22.8 Å². The van der Waals surface area contributed by atoms with E-state index >= 15 is 0 Å². The molecule has 0 saturated carbocycles. The van der Waals surface area contributed by atoms with E-state index in [1.807, 2.05) is 0 Å². The number of amides is 1. The van der Waals surface area contributed by atoms with E-state index in [9.17, 15) is 14.3 Å². The molecule has 0 unspecified atom stereocenters. The molecule has 2 heterocycles. The fraction of sp³-hybridized carbons (Fsp3) is 0.333. The summed E-state index contributed by atoms with van der Waals surface area (Å²) >= 11 is 0. The number of carbonyl (C=O) groups excluding carboxylic acids is 1. The standard InChI is InChI=1S/C24H26FN3O5/c1-15(29)23-21(22(26-33-23)16-4-9-19(31-2)20(14-16)32-3)24(30)28-12-10-27(11-13-28)18-7-5-17(25)6-8-18/h4-9,14-15,29H,10-13H2,1-3H3/t15-/m0/s1. The van der Waals surface area contributed by atoms with Gasteiger partial charge in [0, 0.05) is 37.4 Å². The molecule has 3 aromatic rings. The maximum atomic E-state index is 13.5. The van der Waals surface area contributed by atoms with Crippen LogP contribution in [0.4, 0.5) is 10.1 Å². The number of carbonyl (C=O) groups is 1. The van der Waals surface area contributed by atoms with Crippen LogP contribution in [0.2, 0.25) is 0 Å². The van der Waals surface area contributed by atoms with E-state index in [-0.39, 0.29) is 23.0 Å². The summed E-state index contributed by atoms with van der Waals surface area (Å²) < 4.78 is 29.3. The summed E-state index contributed by atoms with van der Waals surface area (Å²) in [5.74, 6) is 0.600. The van der Waals surface area contributed by atoms with Gasteiger partial charge in [0.05, 0.1) is 14.2 Å². The van der Waals surface area contributed by atoms with Crippen molar-refractivity contribution in [2.75, 3.05) is 45.3 Å². The minimum atomic E-state index is -1.01. The number of piperazine rings is 1. The van der Waals surface area contributed by atoms with Gasteiger partial charge in [0.25, 0.3) is 5.91 Å². The Morgan fingerprint density at radius 1 is 1.06 bits per heavy atom. The summed E-state index contributed by atoms with van der Waals surface area (Å²) in [5, 5.41) is 14.3. The second-order valence-corrected chi connectivity index (χ2v) is 7.77. The van der Waals surface area contributed by atoms with Gasteiger partial charge >= 0.3 is 0 Å². The first-order chi connectivity index (χ1) is 15.9. The number of halogens is 1. The largest absolute Gasteiger partial charge is 0.493 e. The Morgan fingerprint density at radius 2 is 1.73 bits per heavy atom. The molecular formula is C24H26FN3O5. The number of aliphatic hydroxyl groups excluding tert-OH is 1. The van der Waals surface area contributed by atoms with Crippen LogP contribution in [0.25, 0.3) is 11.3 Å². The predicted octanol–water partition coefficient (Wildman–Crippen LogP) is 3.51. The molecule has 1 atom stereocenters. The van der Waals surface area contributed by atoms with Gasteiger partial charge < -0.3 is 28.9 Å². The van der Waals surface area contributed by atoms with E-state index < -0.39 is 6.10 Å². The van der Waals surface area contributed by atoms with Crippen molar-refractivity contribution in [1.82, 2.24) is 10.1 Å². The second-order valence-electron chi connectivity index (χ2n) is 7.77. The Labute approximate surface area is 191 Å². The monoisotopic (exact) mass is 455 g/mol. The molecule has 0 radical (unpaired) electrons. The molecule has 1 fully saturated rings. The van der Waals surface area contributed by atoms with Gasteiger partial charge in [-0.3, -0.25) is 4.79 Å². The Balaban J connectivity index is 1.60. The average Bonchev–Trinajstić information content (AvgIpc) is 3.29. The number of hydrogen-bond donors (Lipinski definition) is 1. The highest BCUT2D eigenvalue weighted by Gasteiger charge is 2.32. The van der Waals surface area contributed by atoms with Gasteiger partial charge in [-0.1, -0.05) is 5.16 Å². The van der Waals surface area contributed by atoms with E-state index in [0.29, 0.717) is 48.9 Å². The van der Waals surface area contributed by atoms with Crippen molar-refractivity contribution in [3.05, 3.63) is 59.6 Å². The maximum Gasteiger partial charge on any atom is 0.259 e. The number of benzene rings is 2. The molecule has 2 aromatic carbocycles. The lowest BCUT2D eigenvalue weighted by atomic mass is 10.0. The topological polar surface area (TPSA) is 88.3 Å². The number of hydrogen-bond acceptors (Lipinski definition) is 7. The first kappa shape index (κ1) is 22.6. The smallest absolute Gasteiger partial charge is 0.259 e. The van der Waals surface area contributed by atoms with Gasteiger partial charge in [-0.05, 0) is 49.4 Å². The van der Waals surface area contributed by atoms with Crippen molar-refractivity contribution in [3.63, 3.8) is 0 Å². The highest BCUT2D eigenvalue weighted by atomic mass is 19.1. The first-order valence-corrected chi connectivity index (χ1v) is 10.6. The molecule has 1 N–H and O–H groups in total. The van der Waals surface area contributed by atoms with Crippen LogP contribution in [0.15, 0.2) is 47.0 Å². The third-order valence-electron chi connectivity index (χ3n) is 5.73. The summed E-state index contributed by atoms with van der Waals surface area (Å²) in [6.07, 6.45) is -1.01. The summed E-state index contributed by atoms with van der Waals surface area (Å²) in [5.41, 5.74) is 2.08.